The minimum Gasteiger partial charge on any atom is -1.00 e. The minimum atomic E-state index is 0. The predicted octanol–water partition coefficient (Wildman–Crippen LogP) is -3.86. The van der Waals surface area contributed by atoms with E-state index in [1.165, 1.54) is 43.2 Å². The molecule has 4 nitrogen and oxygen atoms in total. The van der Waals surface area contributed by atoms with Gasteiger partial charge < -0.3 is 62.3 Å². The molecule has 5 rings (SSSR count). The summed E-state index contributed by atoms with van der Waals surface area (Å²) in [7, 11) is 8.96. The molecule has 0 radical (unpaired) electrons. The molecule has 3 heterocycles. The summed E-state index contributed by atoms with van der Waals surface area (Å²) in [5.74, 6) is 0.489. The largest absolute Gasteiger partial charge is 1.00 e. The molecule has 1 unspecified atom stereocenters. The van der Waals surface area contributed by atoms with Gasteiger partial charge in [0, 0.05) is 52.3 Å². The first-order valence-electron chi connectivity index (χ1n) is 11.4. The van der Waals surface area contributed by atoms with Crippen molar-refractivity contribution in [1.82, 2.24) is 4.57 Å². The average Bonchev–Trinajstić information content (AvgIpc) is 3.16. The Balaban J connectivity index is 0.00000144. The number of quaternary nitrogens is 2. The number of halogens is 2. The number of hydrogen-bond acceptors (Lipinski definition) is 1. The van der Waals surface area contributed by atoms with Gasteiger partial charge in [-0.3, -0.25) is 4.99 Å². The molecule has 6 heteroatoms. The standard InChI is InChI=1S/C26H32N4.2HI/c1-28(2)16-18-9-11-23-21(15-18)19-10-12-26-22(17-29(3)4)20-7-5-6-8-25(20)30(26)14-13-24(19)27-23;;/h5-9,11,15,19H,10,12-14,16-17H2,1-4H3;2*1H. The minimum absolute atomic E-state index is 0. The molecule has 0 aliphatic carbocycles. The van der Waals surface area contributed by atoms with Crippen LogP contribution in [0.2, 0.25) is 0 Å². The summed E-state index contributed by atoms with van der Waals surface area (Å²) in [6, 6.07) is 15.9. The van der Waals surface area contributed by atoms with Crippen LogP contribution in [0.3, 0.4) is 0 Å². The highest BCUT2D eigenvalue weighted by Gasteiger charge is 2.31. The number of para-hydroxylation sites is 1. The van der Waals surface area contributed by atoms with E-state index in [1.54, 1.807) is 11.3 Å². The van der Waals surface area contributed by atoms with Crippen molar-refractivity contribution in [3.8, 4) is 0 Å². The van der Waals surface area contributed by atoms with Crippen molar-refractivity contribution in [2.45, 2.75) is 44.8 Å². The second kappa shape index (κ2) is 10.5. The first-order chi connectivity index (χ1) is 14.5. The lowest BCUT2D eigenvalue weighted by Crippen LogP contribution is -3.04. The highest BCUT2D eigenvalue weighted by molar-refractivity contribution is 5.98. The number of fused-ring (bicyclic) bond motifs is 6. The van der Waals surface area contributed by atoms with E-state index in [0.29, 0.717) is 5.92 Å². The third-order valence-electron chi connectivity index (χ3n) is 6.68. The maximum Gasteiger partial charge on any atom is 0.105 e. The Morgan fingerprint density at radius 3 is 2.44 bits per heavy atom. The van der Waals surface area contributed by atoms with Crippen LogP contribution in [0.1, 0.15) is 41.1 Å². The van der Waals surface area contributed by atoms with Crippen LogP contribution in [-0.2, 0) is 26.1 Å². The first kappa shape index (κ1) is 25.6. The lowest BCUT2D eigenvalue weighted by atomic mass is 9.87. The molecule has 0 spiro atoms. The van der Waals surface area contributed by atoms with Gasteiger partial charge in [-0.2, -0.15) is 0 Å². The van der Waals surface area contributed by atoms with Gasteiger partial charge >= 0.3 is 0 Å². The Kier molecular flexibility index (Phi) is 8.44. The van der Waals surface area contributed by atoms with Crippen LogP contribution in [0.15, 0.2) is 47.5 Å². The Morgan fingerprint density at radius 1 is 0.938 bits per heavy atom. The van der Waals surface area contributed by atoms with E-state index in [9.17, 15) is 0 Å². The molecule has 32 heavy (non-hydrogen) atoms. The van der Waals surface area contributed by atoms with E-state index >= 15 is 0 Å². The molecule has 2 N–H and O–H groups in total. The van der Waals surface area contributed by atoms with Gasteiger partial charge in [-0.1, -0.05) is 24.3 Å². The zero-order chi connectivity index (χ0) is 20.8. The number of hydrogen-bond donors (Lipinski definition) is 2. The number of nitrogens with zero attached hydrogens (tertiary/aromatic N) is 2. The fraction of sp³-hybridized carbons (Fsp3) is 0.423. The molecule has 3 aromatic rings. The van der Waals surface area contributed by atoms with Gasteiger partial charge in [-0.25, -0.2) is 0 Å². The van der Waals surface area contributed by atoms with Gasteiger partial charge in [0.2, 0.25) is 0 Å². The van der Waals surface area contributed by atoms with Crippen molar-refractivity contribution in [3.05, 3.63) is 64.8 Å². The van der Waals surface area contributed by atoms with E-state index in [2.05, 4.69) is 75.2 Å². The molecular weight excluding hydrogens is 622 g/mol. The van der Waals surface area contributed by atoms with Crippen LogP contribution in [-0.4, -0.2) is 38.5 Å². The molecule has 1 aromatic heterocycles. The zero-order valence-electron chi connectivity index (χ0n) is 19.5. The normalized spacial score (nSPS) is 17.1. The molecule has 0 amide bonds. The SMILES string of the molecule is C[NH+](C)Cc1ccc2c(c1)C1CCc3c(C[NH+](C)C)c4ccccc4n3CCC1=N2.[I-].[I-]. The second-order valence-electron chi connectivity index (χ2n) is 9.70. The van der Waals surface area contributed by atoms with Gasteiger partial charge in [0.05, 0.1) is 33.9 Å². The fourth-order valence-corrected chi connectivity index (χ4v) is 5.49. The Morgan fingerprint density at radius 2 is 1.69 bits per heavy atom. The van der Waals surface area contributed by atoms with Crippen molar-refractivity contribution in [1.29, 1.82) is 0 Å². The number of nitrogens with one attached hydrogen (secondary N) is 2. The summed E-state index contributed by atoms with van der Waals surface area (Å²) in [5, 5.41) is 1.44. The molecule has 0 fully saturated rings. The molecular formula is C26H34I2N4. The number of aromatic nitrogens is 1. The van der Waals surface area contributed by atoms with Crippen LogP contribution in [0.5, 0.6) is 0 Å². The van der Waals surface area contributed by atoms with Crippen molar-refractivity contribution < 1.29 is 57.8 Å². The second-order valence-corrected chi connectivity index (χ2v) is 9.70. The Bertz CT molecular complexity index is 1130. The molecule has 0 bridgehead atoms. The number of rotatable bonds is 4. The van der Waals surface area contributed by atoms with Crippen molar-refractivity contribution >= 4 is 22.3 Å². The predicted molar refractivity (Wildman–Crippen MR) is 124 cm³/mol. The van der Waals surface area contributed by atoms with Crippen LogP contribution in [0.4, 0.5) is 5.69 Å². The van der Waals surface area contributed by atoms with Crippen molar-refractivity contribution in [2.75, 3.05) is 28.2 Å². The summed E-state index contributed by atoms with van der Waals surface area (Å²) >= 11 is 0. The van der Waals surface area contributed by atoms with Crippen LogP contribution in [0.25, 0.3) is 10.9 Å². The molecule has 0 saturated heterocycles. The number of benzene rings is 2. The molecule has 2 aliphatic heterocycles. The molecule has 2 aromatic carbocycles. The average molecular weight is 656 g/mol. The topological polar surface area (TPSA) is 26.2 Å². The summed E-state index contributed by atoms with van der Waals surface area (Å²) in [6.07, 6.45) is 3.34. The van der Waals surface area contributed by atoms with Gasteiger partial charge in [0.25, 0.3) is 0 Å². The van der Waals surface area contributed by atoms with E-state index in [4.69, 9.17) is 4.99 Å². The number of aryl methyl sites for hydroxylation is 1. The maximum atomic E-state index is 5.10. The number of aliphatic imine (C=N–C) groups is 1. The van der Waals surface area contributed by atoms with Crippen LogP contribution >= 0.6 is 0 Å². The van der Waals surface area contributed by atoms with Gasteiger partial charge in [-0.15, -0.1) is 0 Å². The van der Waals surface area contributed by atoms with E-state index < -0.39 is 0 Å². The molecule has 2 aliphatic rings. The summed E-state index contributed by atoms with van der Waals surface area (Å²) in [5.41, 5.74) is 10.00. The van der Waals surface area contributed by atoms with E-state index in [0.717, 1.165) is 38.9 Å². The van der Waals surface area contributed by atoms with Crippen LogP contribution < -0.4 is 57.8 Å². The zero-order valence-corrected chi connectivity index (χ0v) is 23.8. The molecule has 172 valence electrons. The summed E-state index contributed by atoms with van der Waals surface area (Å²) in [4.78, 5) is 8.05. The highest BCUT2D eigenvalue weighted by atomic mass is 127. The van der Waals surface area contributed by atoms with Gasteiger partial charge in [0.15, 0.2) is 0 Å². The lowest BCUT2D eigenvalue weighted by Gasteiger charge is -2.22. The smallest absolute Gasteiger partial charge is 0.105 e. The fourth-order valence-electron chi connectivity index (χ4n) is 5.49. The van der Waals surface area contributed by atoms with Gasteiger partial charge in [-0.05, 0) is 36.6 Å². The van der Waals surface area contributed by atoms with E-state index in [-0.39, 0.29) is 48.0 Å². The third-order valence-corrected chi connectivity index (χ3v) is 6.68. The summed E-state index contributed by atoms with van der Waals surface area (Å²) in [6.45, 7) is 3.19. The first-order valence-corrected chi connectivity index (χ1v) is 11.4. The Labute approximate surface area is 226 Å². The van der Waals surface area contributed by atoms with Crippen molar-refractivity contribution in [2.24, 2.45) is 4.99 Å². The lowest BCUT2D eigenvalue weighted by molar-refractivity contribution is -0.872. The third kappa shape index (κ3) is 4.79. The van der Waals surface area contributed by atoms with E-state index in [1.807, 2.05) is 0 Å². The highest BCUT2D eigenvalue weighted by Crippen LogP contribution is 2.42. The molecule has 1 atom stereocenters. The molecule has 0 saturated carbocycles. The Hall–Kier alpha value is -0.970. The summed E-state index contributed by atoms with van der Waals surface area (Å²) < 4.78 is 2.59. The van der Waals surface area contributed by atoms with Crippen molar-refractivity contribution in [3.63, 3.8) is 0 Å². The maximum absolute atomic E-state index is 5.10. The quantitative estimate of drug-likeness (QED) is 0.270. The van der Waals surface area contributed by atoms with Gasteiger partial charge in [0.1, 0.15) is 13.1 Å². The monoisotopic (exact) mass is 656 g/mol. The van der Waals surface area contributed by atoms with Crippen LogP contribution in [0, 0.1) is 0 Å².